The van der Waals surface area contributed by atoms with Crippen molar-refractivity contribution >= 4 is 5.91 Å². The van der Waals surface area contributed by atoms with Gasteiger partial charge in [-0.2, -0.15) is 0 Å². The molecule has 1 aromatic rings. The Morgan fingerprint density at radius 2 is 2.10 bits per heavy atom. The van der Waals surface area contributed by atoms with E-state index in [1.165, 1.54) is 0 Å². The third-order valence-electron chi connectivity index (χ3n) is 2.50. The van der Waals surface area contributed by atoms with E-state index in [4.69, 9.17) is 19.3 Å². The number of carbonyl (C=O) groups excluding carboxylic acids is 1. The van der Waals surface area contributed by atoms with Crippen molar-refractivity contribution in [2.45, 2.75) is 13.0 Å². The van der Waals surface area contributed by atoms with Crippen LogP contribution in [0.2, 0.25) is 0 Å². The van der Waals surface area contributed by atoms with Gasteiger partial charge < -0.3 is 24.6 Å². The van der Waals surface area contributed by atoms with Crippen LogP contribution in [0.3, 0.4) is 0 Å². The summed E-state index contributed by atoms with van der Waals surface area (Å²) >= 11 is 0. The summed E-state index contributed by atoms with van der Waals surface area (Å²) < 4.78 is 15.6. The summed E-state index contributed by atoms with van der Waals surface area (Å²) in [7, 11) is 1.57. The van der Waals surface area contributed by atoms with E-state index in [1.807, 2.05) is 0 Å². The molecule has 0 heterocycles. The molecule has 0 aromatic heterocycles. The van der Waals surface area contributed by atoms with Crippen molar-refractivity contribution in [2.24, 2.45) is 0 Å². The summed E-state index contributed by atoms with van der Waals surface area (Å²) in [6, 6.07) is 7.07. The smallest absolute Gasteiger partial charge is 0.260 e. The van der Waals surface area contributed by atoms with E-state index in [9.17, 15) is 4.79 Å². The molecule has 0 saturated carbocycles. The van der Waals surface area contributed by atoms with Crippen LogP contribution in [-0.2, 0) is 9.53 Å². The Morgan fingerprint density at radius 3 is 2.80 bits per heavy atom. The standard InChI is InChI=1S/C14H21NO5/c1-11(14(17)15-6-8-19-9-7-16)20-13-5-3-4-12(10-13)18-2/h3-5,10-11,16H,6-9H2,1-2H3,(H,15,17). The number of hydrogen-bond acceptors (Lipinski definition) is 5. The molecule has 1 rings (SSSR count). The van der Waals surface area contributed by atoms with Gasteiger partial charge in [-0.15, -0.1) is 0 Å². The minimum atomic E-state index is -0.611. The number of nitrogens with one attached hydrogen (secondary N) is 1. The third-order valence-corrected chi connectivity index (χ3v) is 2.50. The van der Waals surface area contributed by atoms with Crippen LogP contribution in [0.4, 0.5) is 0 Å². The van der Waals surface area contributed by atoms with Crippen molar-refractivity contribution in [2.75, 3.05) is 33.5 Å². The second-order valence-electron chi connectivity index (χ2n) is 4.07. The van der Waals surface area contributed by atoms with Crippen LogP contribution in [0.1, 0.15) is 6.92 Å². The molecule has 0 aliphatic rings. The molecule has 1 amide bonds. The van der Waals surface area contributed by atoms with Crippen LogP contribution >= 0.6 is 0 Å². The second-order valence-corrected chi connectivity index (χ2v) is 4.07. The highest BCUT2D eigenvalue weighted by atomic mass is 16.5. The van der Waals surface area contributed by atoms with Crippen molar-refractivity contribution < 1.29 is 24.1 Å². The van der Waals surface area contributed by atoms with Crippen LogP contribution in [-0.4, -0.2) is 50.6 Å². The molecule has 0 saturated heterocycles. The molecular formula is C14H21NO5. The number of ether oxygens (including phenoxy) is 3. The average Bonchev–Trinajstić information content (AvgIpc) is 2.47. The fourth-order valence-corrected chi connectivity index (χ4v) is 1.49. The van der Waals surface area contributed by atoms with E-state index in [2.05, 4.69) is 5.32 Å². The first-order valence-electron chi connectivity index (χ1n) is 6.44. The van der Waals surface area contributed by atoms with Crippen LogP contribution in [0.15, 0.2) is 24.3 Å². The first-order chi connectivity index (χ1) is 9.67. The Bertz CT molecular complexity index is 410. The Balaban J connectivity index is 2.33. The van der Waals surface area contributed by atoms with Crippen LogP contribution in [0.5, 0.6) is 11.5 Å². The number of rotatable bonds is 9. The molecule has 1 aromatic carbocycles. The summed E-state index contributed by atoms with van der Waals surface area (Å²) in [6.45, 7) is 2.65. The Morgan fingerprint density at radius 1 is 1.35 bits per heavy atom. The van der Waals surface area contributed by atoms with Gasteiger partial charge in [-0.05, 0) is 19.1 Å². The molecule has 0 aliphatic heterocycles. The van der Waals surface area contributed by atoms with E-state index >= 15 is 0 Å². The molecule has 0 aliphatic carbocycles. The predicted octanol–water partition coefficient (Wildman–Crippen LogP) is 0.588. The summed E-state index contributed by atoms with van der Waals surface area (Å²) in [5.41, 5.74) is 0. The fourth-order valence-electron chi connectivity index (χ4n) is 1.49. The summed E-state index contributed by atoms with van der Waals surface area (Å²) in [5, 5.41) is 11.2. The zero-order chi connectivity index (χ0) is 14.8. The molecule has 6 nitrogen and oxygen atoms in total. The number of carbonyl (C=O) groups is 1. The maximum Gasteiger partial charge on any atom is 0.260 e. The molecule has 0 fully saturated rings. The Hall–Kier alpha value is -1.79. The number of hydrogen-bond donors (Lipinski definition) is 2. The van der Waals surface area contributed by atoms with Crippen LogP contribution < -0.4 is 14.8 Å². The van der Waals surface area contributed by atoms with E-state index in [-0.39, 0.29) is 19.1 Å². The van der Waals surface area contributed by atoms with E-state index in [0.717, 1.165) is 0 Å². The van der Waals surface area contributed by atoms with Crippen molar-refractivity contribution in [1.29, 1.82) is 0 Å². The Kier molecular flexibility index (Phi) is 7.46. The molecule has 20 heavy (non-hydrogen) atoms. The van der Waals surface area contributed by atoms with E-state index < -0.39 is 6.10 Å². The van der Waals surface area contributed by atoms with Gasteiger partial charge in [0, 0.05) is 12.6 Å². The van der Waals surface area contributed by atoms with Gasteiger partial charge in [-0.3, -0.25) is 4.79 Å². The number of benzene rings is 1. The summed E-state index contributed by atoms with van der Waals surface area (Å²) in [6.07, 6.45) is -0.611. The number of amides is 1. The van der Waals surface area contributed by atoms with Crippen molar-refractivity contribution in [3.63, 3.8) is 0 Å². The molecule has 1 unspecified atom stereocenters. The number of methoxy groups -OCH3 is 1. The average molecular weight is 283 g/mol. The third kappa shape index (κ3) is 5.90. The van der Waals surface area contributed by atoms with Gasteiger partial charge in [0.05, 0.1) is 26.9 Å². The number of aliphatic hydroxyl groups is 1. The first-order valence-corrected chi connectivity index (χ1v) is 6.44. The lowest BCUT2D eigenvalue weighted by atomic mass is 10.3. The molecule has 0 spiro atoms. The second kappa shape index (κ2) is 9.17. The summed E-state index contributed by atoms with van der Waals surface area (Å²) in [5.74, 6) is 1.02. The van der Waals surface area contributed by atoms with Gasteiger partial charge in [0.1, 0.15) is 11.5 Å². The normalized spacial score (nSPS) is 11.8. The van der Waals surface area contributed by atoms with Crippen LogP contribution in [0, 0.1) is 0 Å². The summed E-state index contributed by atoms with van der Waals surface area (Å²) in [4.78, 5) is 11.8. The lowest BCUT2D eigenvalue weighted by Crippen LogP contribution is -2.38. The van der Waals surface area contributed by atoms with Crippen LogP contribution in [0.25, 0.3) is 0 Å². The van der Waals surface area contributed by atoms with Gasteiger partial charge in [-0.1, -0.05) is 6.07 Å². The van der Waals surface area contributed by atoms with Crippen molar-refractivity contribution in [3.8, 4) is 11.5 Å². The number of aliphatic hydroxyl groups excluding tert-OH is 1. The molecular weight excluding hydrogens is 262 g/mol. The molecule has 0 radical (unpaired) electrons. The maximum absolute atomic E-state index is 11.8. The minimum Gasteiger partial charge on any atom is -0.497 e. The molecule has 112 valence electrons. The Labute approximate surface area is 118 Å². The zero-order valence-electron chi connectivity index (χ0n) is 11.8. The minimum absolute atomic E-state index is 0.0245. The van der Waals surface area contributed by atoms with Crippen molar-refractivity contribution in [1.82, 2.24) is 5.32 Å². The highest BCUT2D eigenvalue weighted by molar-refractivity contribution is 5.80. The predicted molar refractivity (Wildman–Crippen MR) is 74.0 cm³/mol. The quantitative estimate of drug-likeness (QED) is 0.649. The van der Waals surface area contributed by atoms with E-state index in [1.54, 1.807) is 38.3 Å². The highest BCUT2D eigenvalue weighted by Crippen LogP contribution is 2.19. The van der Waals surface area contributed by atoms with Gasteiger partial charge >= 0.3 is 0 Å². The molecule has 6 heteroatoms. The monoisotopic (exact) mass is 283 g/mol. The van der Waals surface area contributed by atoms with Gasteiger partial charge in [0.25, 0.3) is 5.91 Å². The maximum atomic E-state index is 11.8. The lowest BCUT2D eigenvalue weighted by molar-refractivity contribution is -0.127. The zero-order valence-corrected chi connectivity index (χ0v) is 11.8. The topological polar surface area (TPSA) is 77.0 Å². The highest BCUT2D eigenvalue weighted by Gasteiger charge is 2.14. The molecule has 1 atom stereocenters. The first kappa shape index (κ1) is 16.3. The van der Waals surface area contributed by atoms with E-state index in [0.29, 0.717) is 24.7 Å². The molecule has 0 bridgehead atoms. The van der Waals surface area contributed by atoms with Crippen molar-refractivity contribution in [3.05, 3.63) is 24.3 Å². The fraction of sp³-hybridized carbons (Fsp3) is 0.500. The van der Waals surface area contributed by atoms with Gasteiger partial charge in [0.2, 0.25) is 0 Å². The largest absolute Gasteiger partial charge is 0.497 e. The van der Waals surface area contributed by atoms with Gasteiger partial charge in [0.15, 0.2) is 6.10 Å². The van der Waals surface area contributed by atoms with Gasteiger partial charge in [-0.25, -0.2) is 0 Å². The lowest BCUT2D eigenvalue weighted by Gasteiger charge is -2.15. The molecule has 2 N–H and O–H groups in total. The SMILES string of the molecule is COc1cccc(OC(C)C(=O)NCCOCCO)c1.